The number of aromatic hydroxyl groups is 1. The van der Waals surface area contributed by atoms with Crippen molar-refractivity contribution in [3.63, 3.8) is 0 Å². The van der Waals surface area contributed by atoms with E-state index < -0.39 is 60.2 Å². The van der Waals surface area contributed by atoms with Crippen LogP contribution in [0.4, 0.5) is 0 Å². The highest BCUT2D eigenvalue weighted by Crippen LogP contribution is 2.19. The van der Waals surface area contributed by atoms with Gasteiger partial charge in [0.05, 0.1) is 12.5 Å². The van der Waals surface area contributed by atoms with Crippen molar-refractivity contribution < 1.29 is 39.3 Å². The molecule has 0 bridgehead atoms. The van der Waals surface area contributed by atoms with Crippen LogP contribution in [-0.4, -0.2) is 86.3 Å². The molecule has 7 N–H and O–H groups in total. The molecule has 4 atom stereocenters. The van der Waals surface area contributed by atoms with E-state index in [9.17, 15) is 29.1 Å². The molecule has 1 fully saturated rings. The number of nitrogens with one attached hydrogen (secondary N) is 2. The van der Waals surface area contributed by atoms with Crippen LogP contribution in [0, 0.1) is 0 Å². The molecule has 0 saturated carbocycles. The van der Waals surface area contributed by atoms with Gasteiger partial charge in [-0.15, -0.1) is 0 Å². The van der Waals surface area contributed by atoms with Crippen molar-refractivity contribution in [1.82, 2.24) is 15.5 Å². The average Bonchev–Trinajstić information content (AvgIpc) is 3.27. The molecule has 0 aromatic heterocycles. The van der Waals surface area contributed by atoms with Gasteiger partial charge < -0.3 is 36.6 Å². The van der Waals surface area contributed by atoms with Gasteiger partial charge >= 0.3 is 11.9 Å². The van der Waals surface area contributed by atoms with Crippen molar-refractivity contribution in [2.45, 2.75) is 49.9 Å². The summed E-state index contributed by atoms with van der Waals surface area (Å²) >= 11 is 4.13. The van der Waals surface area contributed by atoms with Crippen LogP contribution < -0.4 is 16.4 Å². The zero-order chi connectivity index (χ0) is 25.4. The molecule has 0 aliphatic carbocycles. The van der Waals surface area contributed by atoms with Gasteiger partial charge in [-0.3, -0.25) is 19.2 Å². The molecule has 0 radical (unpaired) electrons. The molecule has 1 aliphatic rings. The Morgan fingerprint density at radius 3 is 2.29 bits per heavy atom. The fourth-order valence-electron chi connectivity index (χ4n) is 3.59. The lowest BCUT2D eigenvalue weighted by atomic mass is 10.1. The maximum atomic E-state index is 13.0. The minimum absolute atomic E-state index is 0.0713. The molecule has 1 aliphatic heterocycles. The first-order chi connectivity index (χ1) is 16.0. The molecule has 1 aromatic carbocycles. The van der Waals surface area contributed by atoms with Gasteiger partial charge in [-0.2, -0.15) is 12.6 Å². The summed E-state index contributed by atoms with van der Waals surface area (Å²) in [5, 5.41) is 32.0. The van der Waals surface area contributed by atoms with Crippen LogP contribution in [0.5, 0.6) is 5.75 Å². The highest BCUT2D eigenvalue weighted by Gasteiger charge is 2.39. The molecule has 1 saturated heterocycles. The molecule has 4 unspecified atom stereocenters. The van der Waals surface area contributed by atoms with Crippen molar-refractivity contribution >= 4 is 42.3 Å². The third kappa shape index (κ3) is 7.35. The van der Waals surface area contributed by atoms with Crippen LogP contribution in [0.1, 0.15) is 24.8 Å². The zero-order valence-corrected chi connectivity index (χ0v) is 19.1. The molecule has 34 heavy (non-hydrogen) atoms. The van der Waals surface area contributed by atoms with E-state index in [0.29, 0.717) is 12.0 Å². The third-order valence-corrected chi connectivity index (χ3v) is 5.72. The Labute approximate surface area is 200 Å². The quantitative estimate of drug-likeness (QED) is 0.182. The largest absolute Gasteiger partial charge is 0.508 e. The van der Waals surface area contributed by atoms with E-state index in [1.807, 2.05) is 0 Å². The normalized spacial score (nSPS) is 17.9. The van der Waals surface area contributed by atoms with Gasteiger partial charge in [-0.1, -0.05) is 12.1 Å². The Kier molecular flexibility index (Phi) is 9.69. The van der Waals surface area contributed by atoms with E-state index in [2.05, 4.69) is 23.3 Å². The smallest absolute Gasteiger partial charge is 0.326 e. The molecule has 2 rings (SSSR count). The number of carbonyl (C=O) groups is 5. The number of aliphatic carboxylic acids is 2. The van der Waals surface area contributed by atoms with Gasteiger partial charge in [0, 0.05) is 12.3 Å². The van der Waals surface area contributed by atoms with Gasteiger partial charge in [-0.25, -0.2) is 4.79 Å². The number of carboxylic acids is 2. The molecule has 1 aromatic rings. The van der Waals surface area contributed by atoms with E-state index in [0.717, 1.165) is 0 Å². The van der Waals surface area contributed by atoms with Crippen molar-refractivity contribution in [2.75, 3.05) is 12.3 Å². The molecule has 186 valence electrons. The van der Waals surface area contributed by atoms with E-state index in [1.165, 1.54) is 17.0 Å². The lowest BCUT2D eigenvalue weighted by Crippen LogP contribution is -2.57. The van der Waals surface area contributed by atoms with E-state index >= 15 is 0 Å². The Balaban J connectivity index is 2.02. The lowest BCUT2D eigenvalue weighted by Gasteiger charge is -2.29. The van der Waals surface area contributed by atoms with Crippen LogP contribution in [0.2, 0.25) is 0 Å². The number of nitrogens with two attached hydrogens (primary N) is 1. The number of phenols is 1. The van der Waals surface area contributed by atoms with Gasteiger partial charge in [0.15, 0.2) is 0 Å². The Morgan fingerprint density at radius 1 is 1.09 bits per heavy atom. The molecule has 0 spiro atoms. The van der Waals surface area contributed by atoms with Crippen LogP contribution >= 0.6 is 12.6 Å². The maximum Gasteiger partial charge on any atom is 0.326 e. The number of amides is 3. The Morgan fingerprint density at radius 2 is 1.74 bits per heavy atom. The minimum Gasteiger partial charge on any atom is -0.508 e. The number of nitrogens with zero attached hydrogens (tertiary/aromatic N) is 1. The van der Waals surface area contributed by atoms with Gasteiger partial charge in [0.1, 0.15) is 23.9 Å². The maximum absolute atomic E-state index is 13.0. The predicted octanol–water partition coefficient (Wildman–Crippen LogP) is -1.29. The molecule has 1 heterocycles. The Hall–Kier alpha value is -3.32. The zero-order valence-electron chi connectivity index (χ0n) is 18.2. The second kappa shape index (κ2) is 12.2. The number of rotatable bonds is 11. The summed E-state index contributed by atoms with van der Waals surface area (Å²) in [4.78, 5) is 61.5. The highest BCUT2D eigenvalue weighted by molar-refractivity contribution is 7.80. The van der Waals surface area contributed by atoms with Crippen LogP contribution in [-0.2, 0) is 30.4 Å². The first-order valence-electron chi connectivity index (χ1n) is 10.5. The van der Waals surface area contributed by atoms with Crippen LogP contribution in [0.25, 0.3) is 0 Å². The minimum atomic E-state index is -1.64. The Bertz CT molecular complexity index is 926. The van der Waals surface area contributed by atoms with Crippen LogP contribution in [0.3, 0.4) is 0 Å². The molecule has 13 heteroatoms. The summed E-state index contributed by atoms with van der Waals surface area (Å²) in [6.45, 7) is 0.202. The molecular weight excluding hydrogens is 468 g/mol. The summed E-state index contributed by atoms with van der Waals surface area (Å²) in [5.41, 5.74) is 6.66. The van der Waals surface area contributed by atoms with Gasteiger partial charge in [-0.05, 0) is 37.0 Å². The summed E-state index contributed by atoms with van der Waals surface area (Å²) in [6.07, 6.45) is 0.0726. The first kappa shape index (κ1) is 26.9. The number of phenolic OH excluding ortho intramolecular Hbond substituents is 1. The van der Waals surface area contributed by atoms with Crippen molar-refractivity contribution in [3.05, 3.63) is 29.8 Å². The number of carboxylic acid groups (broad SMARTS) is 2. The summed E-state index contributed by atoms with van der Waals surface area (Å²) in [5.74, 6) is -4.87. The molecule has 3 amide bonds. The van der Waals surface area contributed by atoms with E-state index in [1.54, 1.807) is 12.1 Å². The topological polar surface area (TPSA) is 199 Å². The summed E-state index contributed by atoms with van der Waals surface area (Å²) < 4.78 is 0. The second-order valence-corrected chi connectivity index (χ2v) is 8.27. The number of hydrogen-bond donors (Lipinski definition) is 7. The van der Waals surface area contributed by atoms with E-state index in [-0.39, 0.29) is 30.9 Å². The fraction of sp³-hybridized carbons (Fsp3) is 0.476. The molecular formula is C21H28N4O8S. The van der Waals surface area contributed by atoms with Crippen molar-refractivity contribution in [2.24, 2.45) is 5.73 Å². The van der Waals surface area contributed by atoms with Gasteiger partial charge in [0.25, 0.3) is 0 Å². The molecule has 12 nitrogen and oxygen atoms in total. The second-order valence-electron chi connectivity index (χ2n) is 7.91. The number of benzene rings is 1. The number of hydrogen-bond acceptors (Lipinski definition) is 8. The summed E-state index contributed by atoms with van der Waals surface area (Å²) in [6, 6.07) is 1.45. The third-order valence-electron chi connectivity index (χ3n) is 5.36. The first-order valence-corrected chi connectivity index (χ1v) is 11.2. The van der Waals surface area contributed by atoms with Gasteiger partial charge in [0.2, 0.25) is 17.7 Å². The lowest BCUT2D eigenvalue weighted by molar-refractivity contribution is -0.148. The number of likely N-dealkylation sites (tertiary alicyclic amines) is 1. The van der Waals surface area contributed by atoms with Crippen LogP contribution in [0.15, 0.2) is 24.3 Å². The monoisotopic (exact) mass is 496 g/mol. The number of thiol groups is 1. The predicted molar refractivity (Wildman–Crippen MR) is 122 cm³/mol. The standard InChI is InChI=1S/C21H28N4O8S/c22-13(8-11-3-5-12(26)6-4-11)18(29)24-15(10-34)20(31)25-7-1-2-16(25)19(30)23-14(21(32)33)9-17(27)28/h3-6,13-16,26,34H,1-2,7-10,22H2,(H,23,30)(H,24,29)(H,27,28)(H,32,33). The summed E-state index contributed by atoms with van der Waals surface area (Å²) in [7, 11) is 0. The highest BCUT2D eigenvalue weighted by atomic mass is 32.1. The SMILES string of the molecule is NC(Cc1ccc(O)cc1)C(=O)NC(CS)C(=O)N1CCCC1C(=O)NC(CC(=O)O)C(=O)O. The van der Waals surface area contributed by atoms with Crippen molar-refractivity contribution in [3.8, 4) is 5.75 Å². The average molecular weight is 497 g/mol. The van der Waals surface area contributed by atoms with E-state index in [4.69, 9.17) is 15.9 Å². The number of carbonyl (C=O) groups excluding carboxylic acids is 3. The fourth-order valence-corrected chi connectivity index (χ4v) is 3.84. The van der Waals surface area contributed by atoms with Crippen molar-refractivity contribution in [1.29, 1.82) is 0 Å².